The smallest absolute Gasteiger partial charge is 0.238 e. The number of amides is 2. The zero-order valence-corrected chi connectivity index (χ0v) is 18.4. The van der Waals surface area contributed by atoms with Crippen LogP contribution in [0.25, 0.3) is 0 Å². The number of likely N-dealkylation sites (tertiary alicyclic amines) is 2. The van der Waals surface area contributed by atoms with E-state index in [0.717, 1.165) is 64.1 Å². The summed E-state index contributed by atoms with van der Waals surface area (Å²) in [6, 6.07) is -0.0714. The van der Waals surface area contributed by atoms with Crippen molar-refractivity contribution in [2.45, 2.75) is 95.9 Å². The van der Waals surface area contributed by atoms with Crippen LogP contribution < -0.4 is 0 Å². The highest BCUT2D eigenvalue weighted by Crippen LogP contribution is 2.35. The van der Waals surface area contributed by atoms with E-state index >= 15 is 0 Å². The van der Waals surface area contributed by atoms with Gasteiger partial charge >= 0.3 is 0 Å². The minimum atomic E-state index is -0.0714. The molecule has 2 amide bonds. The molecule has 30 heavy (non-hydrogen) atoms. The van der Waals surface area contributed by atoms with Gasteiger partial charge in [-0.05, 0) is 44.4 Å². The molecule has 3 fully saturated rings. The molecule has 0 radical (unpaired) electrons. The monoisotopic (exact) mass is 416 g/mol. The van der Waals surface area contributed by atoms with Crippen LogP contribution in [0.4, 0.5) is 0 Å². The molecule has 0 N–H and O–H groups in total. The van der Waals surface area contributed by atoms with Gasteiger partial charge in [0.2, 0.25) is 23.6 Å². The molecular weight excluding hydrogens is 380 g/mol. The maximum absolute atomic E-state index is 13.0. The second-order valence-corrected chi connectivity index (χ2v) is 9.28. The third-order valence-corrected chi connectivity index (χ3v) is 7.31. The Balaban J connectivity index is 1.36. The first kappa shape index (κ1) is 21.3. The van der Waals surface area contributed by atoms with Crippen LogP contribution in [-0.2, 0) is 9.59 Å². The molecule has 1 aromatic heterocycles. The molecular formula is C23H36N4O3. The minimum absolute atomic E-state index is 0.0714. The maximum Gasteiger partial charge on any atom is 0.238 e. The Morgan fingerprint density at radius 3 is 2.33 bits per heavy atom. The van der Waals surface area contributed by atoms with Crippen molar-refractivity contribution in [1.82, 2.24) is 20.0 Å². The van der Waals surface area contributed by atoms with Crippen LogP contribution in [0, 0.1) is 5.92 Å². The lowest BCUT2D eigenvalue weighted by atomic mass is 9.96. The molecule has 0 aromatic carbocycles. The summed E-state index contributed by atoms with van der Waals surface area (Å²) in [6.45, 7) is 4.21. The zero-order valence-electron chi connectivity index (χ0n) is 18.4. The fourth-order valence-electron chi connectivity index (χ4n) is 5.40. The summed E-state index contributed by atoms with van der Waals surface area (Å²) < 4.78 is 6.12. The molecule has 2 saturated heterocycles. The highest BCUT2D eigenvalue weighted by Gasteiger charge is 2.34. The number of nitrogens with zero attached hydrogens (tertiary/aromatic N) is 4. The number of carbonyl (C=O) groups is 2. The van der Waals surface area contributed by atoms with Gasteiger partial charge in [-0.25, -0.2) is 0 Å². The molecule has 1 atom stereocenters. The van der Waals surface area contributed by atoms with Gasteiger partial charge in [-0.2, -0.15) is 0 Å². The van der Waals surface area contributed by atoms with E-state index in [9.17, 15) is 9.59 Å². The number of aromatic nitrogens is 2. The number of rotatable bonds is 6. The van der Waals surface area contributed by atoms with Gasteiger partial charge in [0, 0.05) is 38.4 Å². The van der Waals surface area contributed by atoms with E-state index in [1.165, 1.54) is 25.7 Å². The van der Waals surface area contributed by atoms with E-state index in [0.29, 0.717) is 24.6 Å². The van der Waals surface area contributed by atoms with E-state index in [2.05, 4.69) is 10.2 Å². The van der Waals surface area contributed by atoms with Crippen molar-refractivity contribution in [1.29, 1.82) is 0 Å². The van der Waals surface area contributed by atoms with Crippen LogP contribution in [0.5, 0.6) is 0 Å². The fourth-order valence-corrected chi connectivity index (χ4v) is 5.40. The Morgan fingerprint density at radius 1 is 0.900 bits per heavy atom. The van der Waals surface area contributed by atoms with Crippen LogP contribution >= 0.6 is 0 Å². The molecule has 0 bridgehead atoms. The molecule has 7 heteroatoms. The van der Waals surface area contributed by atoms with Crippen molar-refractivity contribution in [2.75, 3.05) is 19.6 Å². The topological polar surface area (TPSA) is 79.5 Å². The van der Waals surface area contributed by atoms with Crippen molar-refractivity contribution in [2.24, 2.45) is 5.92 Å². The lowest BCUT2D eigenvalue weighted by Crippen LogP contribution is -2.38. The second kappa shape index (κ2) is 9.92. The maximum atomic E-state index is 13.0. The molecule has 166 valence electrons. The number of carbonyl (C=O) groups excluding carboxylic acids is 2. The van der Waals surface area contributed by atoms with Crippen LogP contribution in [0.1, 0.15) is 108 Å². The van der Waals surface area contributed by atoms with Crippen LogP contribution in [-0.4, -0.2) is 51.4 Å². The molecule has 0 spiro atoms. The Labute approximate surface area is 179 Å². The normalized spacial score (nSPS) is 23.8. The summed E-state index contributed by atoms with van der Waals surface area (Å²) >= 11 is 0. The number of hydrogen-bond donors (Lipinski definition) is 0. The van der Waals surface area contributed by atoms with Crippen LogP contribution in [0.3, 0.4) is 0 Å². The summed E-state index contributed by atoms with van der Waals surface area (Å²) in [5.41, 5.74) is 0. The summed E-state index contributed by atoms with van der Waals surface area (Å²) in [4.78, 5) is 28.8. The SMILES string of the molecule is CCC(=O)N1CCC(c2nnc(C3CCCCN3C(=O)CCC3CCCC3)o2)CC1. The zero-order chi connectivity index (χ0) is 20.9. The predicted octanol–water partition coefficient (Wildman–Crippen LogP) is 4.21. The van der Waals surface area contributed by atoms with Crippen molar-refractivity contribution >= 4 is 11.8 Å². The fraction of sp³-hybridized carbons (Fsp3) is 0.826. The standard InChI is InChI=1S/C23H36N4O3/c1-2-20(28)26-15-12-18(13-16-26)22-24-25-23(30-22)19-9-5-6-14-27(19)21(29)11-10-17-7-3-4-8-17/h17-19H,2-16H2,1H3. The van der Waals surface area contributed by atoms with Gasteiger partial charge in [0.25, 0.3) is 0 Å². The number of hydrogen-bond acceptors (Lipinski definition) is 5. The summed E-state index contributed by atoms with van der Waals surface area (Å²) in [5, 5.41) is 8.71. The van der Waals surface area contributed by atoms with E-state index in [4.69, 9.17) is 4.42 Å². The van der Waals surface area contributed by atoms with Gasteiger partial charge in [0.15, 0.2) is 0 Å². The third-order valence-electron chi connectivity index (χ3n) is 7.31. The first-order chi connectivity index (χ1) is 14.7. The van der Waals surface area contributed by atoms with Crippen molar-refractivity contribution in [3.63, 3.8) is 0 Å². The Hall–Kier alpha value is -1.92. The first-order valence-corrected chi connectivity index (χ1v) is 12.1. The number of piperidine rings is 2. The van der Waals surface area contributed by atoms with E-state index in [1.54, 1.807) is 0 Å². The van der Waals surface area contributed by atoms with Crippen LogP contribution in [0.15, 0.2) is 4.42 Å². The van der Waals surface area contributed by atoms with Gasteiger partial charge in [-0.3, -0.25) is 9.59 Å². The van der Waals surface area contributed by atoms with E-state index in [-0.39, 0.29) is 23.8 Å². The van der Waals surface area contributed by atoms with Crippen LogP contribution in [0.2, 0.25) is 0 Å². The largest absolute Gasteiger partial charge is 0.423 e. The van der Waals surface area contributed by atoms with E-state index < -0.39 is 0 Å². The molecule has 3 heterocycles. The molecule has 1 saturated carbocycles. The molecule has 7 nitrogen and oxygen atoms in total. The molecule has 3 aliphatic rings. The lowest BCUT2D eigenvalue weighted by molar-refractivity contribution is -0.136. The predicted molar refractivity (Wildman–Crippen MR) is 113 cm³/mol. The van der Waals surface area contributed by atoms with Crippen molar-refractivity contribution < 1.29 is 14.0 Å². The second-order valence-electron chi connectivity index (χ2n) is 9.28. The third kappa shape index (κ3) is 4.86. The summed E-state index contributed by atoms with van der Waals surface area (Å²) in [6.07, 6.45) is 12.2. The van der Waals surface area contributed by atoms with E-state index in [1.807, 2.05) is 16.7 Å². The van der Waals surface area contributed by atoms with Crippen molar-refractivity contribution in [3.05, 3.63) is 11.8 Å². The molecule has 1 aliphatic carbocycles. The summed E-state index contributed by atoms with van der Waals surface area (Å²) in [7, 11) is 0. The minimum Gasteiger partial charge on any atom is -0.423 e. The van der Waals surface area contributed by atoms with Gasteiger partial charge in [0.05, 0.1) is 0 Å². The molecule has 1 unspecified atom stereocenters. The van der Waals surface area contributed by atoms with Gasteiger partial charge in [-0.1, -0.05) is 32.6 Å². The Morgan fingerprint density at radius 2 is 1.60 bits per heavy atom. The average Bonchev–Trinajstić information content (AvgIpc) is 3.49. The van der Waals surface area contributed by atoms with Crippen molar-refractivity contribution in [3.8, 4) is 0 Å². The molecule has 2 aliphatic heterocycles. The first-order valence-electron chi connectivity index (χ1n) is 12.1. The lowest BCUT2D eigenvalue weighted by Gasteiger charge is -2.34. The van der Waals surface area contributed by atoms with Gasteiger partial charge in [0.1, 0.15) is 6.04 Å². The highest BCUT2D eigenvalue weighted by molar-refractivity contribution is 5.76. The van der Waals surface area contributed by atoms with Gasteiger partial charge < -0.3 is 14.2 Å². The quantitative estimate of drug-likeness (QED) is 0.694. The Bertz CT molecular complexity index is 720. The van der Waals surface area contributed by atoms with Gasteiger partial charge in [-0.15, -0.1) is 10.2 Å². The average molecular weight is 417 g/mol. The highest BCUT2D eigenvalue weighted by atomic mass is 16.4. The molecule has 4 rings (SSSR count). The molecule has 1 aromatic rings. The summed E-state index contributed by atoms with van der Waals surface area (Å²) in [5.74, 6) is 2.69. The Kier molecular flexibility index (Phi) is 7.05.